The van der Waals surface area contributed by atoms with Crippen molar-refractivity contribution in [2.75, 3.05) is 13.1 Å². The van der Waals surface area contributed by atoms with E-state index in [1.54, 1.807) is 0 Å². The van der Waals surface area contributed by atoms with Crippen LogP contribution in [-0.4, -0.2) is 30.1 Å². The van der Waals surface area contributed by atoms with Crippen LogP contribution in [0, 0.1) is 5.92 Å². The van der Waals surface area contributed by atoms with E-state index >= 15 is 0 Å². The summed E-state index contributed by atoms with van der Waals surface area (Å²) in [5.41, 5.74) is 1.49. The van der Waals surface area contributed by atoms with E-state index in [0.717, 1.165) is 31.1 Å². The van der Waals surface area contributed by atoms with E-state index in [9.17, 15) is 0 Å². The predicted octanol–water partition coefficient (Wildman–Crippen LogP) is 3.88. The number of hydrogen-bond acceptors (Lipinski definition) is 3. The molecule has 1 N–H and O–H groups in total. The molecular formula is C17H28N2S. The zero-order valence-electron chi connectivity index (χ0n) is 12.7. The Morgan fingerprint density at radius 2 is 2.10 bits per heavy atom. The van der Waals surface area contributed by atoms with Crippen molar-refractivity contribution in [3.8, 4) is 0 Å². The molecule has 0 radical (unpaired) electrons. The highest BCUT2D eigenvalue weighted by Gasteiger charge is 2.29. The highest BCUT2D eigenvalue weighted by atomic mass is 32.1. The summed E-state index contributed by atoms with van der Waals surface area (Å²) in [7, 11) is 0. The fraction of sp³-hybridized carbons (Fsp3) is 0.765. The second-order valence-corrected chi connectivity index (χ2v) is 7.44. The summed E-state index contributed by atoms with van der Waals surface area (Å²) in [6.07, 6.45) is 8.47. The molecule has 1 heterocycles. The second-order valence-electron chi connectivity index (χ2n) is 6.66. The van der Waals surface area contributed by atoms with Crippen molar-refractivity contribution in [3.63, 3.8) is 0 Å². The Balaban J connectivity index is 1.43. The highest BCUT2D eigenvalue weighted by molar-refractivity contribution is 7.07. The summed E-state index contributed by atoms with van der Waals surface area (Å²) in [5.74, 6) is 0.870. The van der Waals surface area contributed by atoms with Crippen molar-refractivity contribution in [1.82, 2.24) is 10.2 Å². The highest BCUT2D eigenvalue weighted by Crippen LogP contribution is 2.28. The molecule has 2 aliphatic carbocycles. The number of nitrogens with zero attached hydrogens (tertiary/aromatic N) is 1. The molecule has 1 aromatic rings. The molecular weight excluding hydrogens is 264 g/mol. The van der Waals surface area contributed by atoms with Gasteiger partial charge in [-0.25, -0.2) is 0 Å². The summed E-state index contributed by atoms with van der Waals surface area (Å²) >= 11 is 1.82. The first kappa shape index (κ1) is 14.6. The summed E-state index contributed by atoms with van der Waals surface area (Å²) < 4.78 is 0. The van der Waals surface area contributed by atoms with Gasteiger partial charge in [0.15, 0.2) is 0 Å². The average Bonchev–Trinajstić information content (AvgIpc) is 3.18. The van der Waals surface area contributed by atoms with E-state index in [-0.39, 0.29) is 0 Å². The standard InChI is InChI=1S/C17H28N2S/c1-14-4-2-3-5-17(14)18-9-10-19(16-6-7-16)12-15-8-11-20-13-15/h8,11,13-14,16-18H,2-7,9-10,12H2,1H3. The maximum atomic E-state index is 3.83. The average molecular weight is 292 g/mol. The molecule has 2 unspecified atom stereocenters. The normalized spacial score (nSPS) is 27.1. The van der Waals surface area contributed by atoms with E-state index in [0.29, 0.717) is 0 Å². The molecule has 2 nitrogen and oxygen atoms in total. The molecule has 3 rings (SSSR count). The maximum absolute atomic E-state index is 3.83. The van der Waals surface area contributed by atoms with Crippen molar-refractivity contribution in [3.05, 3.63) is 22.4 Å². The minimum absolute atomic E-state index is 0.769. The van der Waals surface area contributed by atoms with Gasteiger partial charge in [0, 0.05) is 31.7 Å². The SMILES string of the molecule is CC1CCCCC1NCCN(Cc1ccsc1)C1CC1. The minimum Gasteiger partial charge on any atom is -0.312 e. The first-order valence-electron chi connectivity index (χ1n) is 8.31. The van der Waals surface area contributed by atoms with Gasteiger partial charge in [-0.2, -0.15) is 11.3 Å². The van der Waals surface area contributed by atoms with Crippen LogP contribution in [0.3, 0.4) is 0 Å². The van der Waals surface area contributed by atoms with Crippen LogP contribution in [-0.2, 0) is 6.54 Å². The third-order valence-corrected chi connectivity index (χ3v) is 5.68. The molecule has 0 spiro atoms. The molecule has 112 valence electrons. The van der Waals surface area contributed by atoms with Crippen molar-refractivity contribution < 1.29 is 0 Å². The Kier molecular flexibility index (Phi) is 5.14. The molecule has 2 aliphatic rings. The van der Waals surface area contributed by atoms with Crippen LogP contribution < -0.4 is 5.32 Å². The lowest BCUT2D eigenvalue weighted by Gasteiger charge is -2.31. The fourth-order valence-corrected chi connectivity index (χ4v) is 4.12. The Morgan fingerprint density at radius 3 is 2.80 bits per heavy atom. The molecule has 2 fully saturated rings. The van der Waals surface area contributed by atoms with Gasteiger partial charge >= 0.3 is 0 Å². The lowest BCUT2D eigenvalue weighted by atomic mass is 9.86. The lowest BCUT2D eigenvalue weighted by Crippen LogP contribution is -2.42. The number of rotatable bonds is 7. The Morgan fingerprint density at radius 1 is 1.25 bits per heavy atom. The molecule has 0 aromatic carbocycles. The van der Waals surface area contributed by atoms with Crippen molar-refractivity contribution in [2.45, 2.75) is 64.1 Å². The van der Waals surface area contributed by atoms with Crippen LogP contribution in [0.25, 0.3) is 0 Å². The van der Waals surface area contributed by atoms with Crippen LogP contribution >= 0.6 is 11.3 Å². The summed E-state index contributed by atoms with van der Waals surface area (Å²) in [6, 6.07) is 3.91. The summed E-state index contributed by atoms with van der Waals surface area (Å²) in [4.78, 5) is 2.68. The van der Waals surface area contributed by atoms with Gasteiger partial charge in [-0.15, -0.1) is 0 Å². The molecule has 2 saturated carbocycles. The lowest BCUT2D eigenvalue weighted by molar-refractivity contribution is 0.229. The smallest absolute Gasteiger partial charge is 0.0245 e. The monoisotopic (exact) mass is 292 g/mol. The quantitative estimate of drug-likeness (QED) is 0.820. The second kappa shape index (κ2) is 7.06. The van der Waals surface area contributed by atoms with Crippen molar-refractivity contribution >= 4 is 11.3 Å². The van der Waals surface area contributed by atoms with Gasteiger partial charge in [0.05, 0.1) is 0 Å². The summed E-state index contributed by atoms with van der Waals surface area (Å²) in [5, 5.41) is 8.32. The first-order chi connectivity index (χ1) is 9.83. The number of nitrogens with one attached hydrogen (secondary N) is 1. The van der Waals surface area contributed by atoms with Gasteiger partial charge in [-0.1, -0.05) is 19.8 Å². The van der Waals surface area contributed by atoms with Crippen molar-refractivity contribution in [2.24, 2.45) is 5.92 Å². The Labute approximate surface area is 127 Å². The fourth-order valence-electron chi connectivity index (χ4n) is 3.46. The summed E-state index contributed by atoms with van der Waals surface area (Å²) in [6.45, 7) is 5.94. The van der Waals surface area contributed by atoms with Gasteiger partial charge in [0.2, 0.25) is 0 Å². The van der Waals surface area contributed by atoms with Crippen LogP contribution in [0.1, 0.15) is 51.0 Å². The van der Waals surface area contributed by atoms with Gasteiger partial charge in [-0.05, 0) is 54.0 Å². The van der Waals surface area contributed by atoms with E-state index < -0.39 is 0 Å². The molecule has 0 aliphatic heterocycles. The molecule has 20 heavy (non-hydrogen) atoms. The zero-order chi connectivity index (χ0) is 13.8. The molecule has 3 heteroatoms. The number of thiophene rings is 1. The third-order valence-electron chi connectivity index (χ3n) is 4.95. The van der Waals surface area contributed by atoms with Gasteiger partial charge in [-0.3, -0.25) is 4.90 Å². The topological polar surface area (TPSA) is 15.3 Å². The van der Waals surface area contributed by atoms with E-state index in [1.165, 1.54) is 50.6 Å². The van der Waals surface area contributed by atoms with Crippen LogP contribution in [0.4, 0.5) is 0 Å². The zero-order valence-corrected chi connectivity index (χ0v) is 13.5. The Bertz CT molecular complexity index is 386. The van der Waals surface area contributed by atoms with E-state index in [1.807, 2.05) is 11.3 Å². The largest absolute Gasteiger partial charge is 0.312 e. The Hall–Kier alpha value is -0.380. The molecule has 0 amide bonds. The van der Waals surface area contributed by atoms with Crippen LogP contribution in [0.5, 0.6) is 0 Å². The van der Waals surface area contributed by atoms with Gasteiger partial charge in [0.25, 0.3) is 0 Å². The predicted molar refractivity (Wildman–Crippen MR) is 87.2 cm³/mol. The van der Waals surface area contributed by atoms with Crippen molar-refractivity contribution in [1.29, 1.82) is 0 Å². The first-order valence-corrected chi connectivity index (χ1v) is 9.26. The van der Waals surface area contributed by atoms with Gasteiger partial charge in [0.1, 0.15) is 0 Å². The van der Waals surface area contributed by atoms with E-state index in [2.05, 4.69) is 34.0 Å². The van der Waals surface area contributed by atoms with E-state index in [4.69, 9.17) is 0 Å². The maximum Gasteiger partial charge on any atom is 0.0245 e. The molecule has 2 atom stereocenters. The number of hydrogen-bond donors (Lipinski definition) is 1. The molecule has 0 bridgehead atoms. The van der Waals surface area contributed by atoms with Crippen LogP contribution in [0.15, 0.2) is 16.8 Å². The molecule has 1 aromatic heterocycles. The van der Waals surface area contributed by atoms with Crippen LogP contribution in [0.2, 0.25) is 0 Å². The third kappa shape index (κ3) is 4.06. The molecule has 0 saturated heterocycles. The van der Waals surface area contributed by atoms with Gasteiger partial charge < -0.3 is 5.32 Å². The minimum atomic E-state index is 0.769.